The standard InChI is InChI=1S/C33H35NO5/c1-5-6-7-11-16-38-26-15-14-24(19-28(26)37-4)30-29-31(35)25-17-21(2)22(3)18-27(25)39-32(29)33(36)34(30)20-23-12-9-8-10-13-23/h8-10,12-15,17-19,30H,5-7,11,16,20H2,1-4H3. The number of unbranched alkanes of at least 4 members (excludes halogenated alkanes) is 3. The molecule has 0 radical (unpaired) electrons. The zero-order valence-corrected chi connectivity index (χ0v) is 23.1. The first-order valence-corrected chi connectivity index (χ1v) is 13.7. The quantitative estimate of drug-likeness (QED) is 0.206. The van der Waals surface area contributed by atoms with Gasteiger partial charge in [-0.25, -0.2) is 0 Å². The van der Waals surface area contributed by atoms with E-state index >= 15 is 0 Å². The zero-order valence-electron chi connectivity index (χ0n) is 23.1. The lowest BCUT2D eigenvalue weighted by molar-refractivity contribution is 0.0714. The molecule has 1 aromatic heterocycles. The maximum atomic E-state index is 14.0. The Hall–Kier alpha value is -4.06. The first-order valence-electron chi connectivity index (χ1n) is 13.7. The summed E-state index contributed by atoms with van der Waals surface area (Å²) in [6.45, 7) is 7.06. The van der Waals surface area contributed by atoms with Crippen LogP contribution in [0.3, 0.4) is 0 Å². The van der Waals surface area contributed by atoms with Gasteiger partial charge in [-0.2, -0.15) is 0 Å². The molecule has 1 atom stereocenters. The summed E-state index contributed by atoms with van der Waals surface area (Å²) in [4.78, 5) is 29.5. The SMILES string of the molecule is CCCCCCOc1ccc(C2c3c(oc4cc(C)c(C)cc4c3=O)C(=O)N2Cc2ccccc2)cc1OC. The molecule has 39 heavy (non-hydrogen) atoms. The topological polar surface area (TPSA) is 69.0 Å². The van der Waals surface area contributed by atoms with Gasteiger partial charge in [0.25, 0.3) is 5.91 Å². The normalized spacial score (nSPS) is 14.6. The van der Waals surface area contributed by atoms with Gasteiger partial charge in [0.1, 0.15) is 5.58 Å². The number of methoxy groups -OCH3 is 1. The number of hydrogen-bond donors (Lipinski definition) is 0. The predicted molar refractivity (Wildman–Crippen MR) is 153 cm³/mol. The third kappa shape index (κ3) is 5.16. The van der Waals surface area contributed by atoms with E-state index in [0.717, 1.165) is 35.1 Å². The Morgan fingerprint density at radius 2 is 1.67 bits per heavy atom. The van der Waals surface area contributed by atoms with E-state index in [1.54, 1.807) is 12.0 Å². The van der Waals surface area contributed by atoms with Gasteiger partial charge in [-0.15, -0.1) is 0 Å². The number of ether oxygens (including phenoxy) is 2. The average Bonchev–Trinajstić information content (AvgIpc) is 3.21. The highest BCUT2D eigenvalue weighted by atomic mass is 16.5. The van der Waals surface area contributed by atoms with Gasteiger partial charge in [0.05, 0.1) is 30.7 Å². The molecule has 0 fully saturated rings. The van der Waals surface area contributed by atoms with Crippen molar-refractivity contribution in [3.05, 3.63) is 104 Å². The predicted octanol–water partition coefficient (Wildman–Crippen LogP) is 7.12. The Balaban J connectivity index is 1.60. The molecular formula is C33H35NO5. The summed E-state index contributed by atoms with van der Waals surface area (Å²) in [5.41, 5.74) is 4.35. The van der Waals surface area contributed by atoms with Crippen molar-refractivity contribution >= 4 is 16.9 Å². The molecule has 0 N–H and O–H groups in total. The largest absolute Gasteiger partial charge is 0.493 e. The maximum absolute atomic E-state index is 14.0. The number of carbonyl (C=O) groups is 1. The van der Waals surface area contributed by atoms with Gasteiger partial charge in [-0.3, -0.25) is 9.59 Å². The lowest BCUT2D eigenvalue weighted by Crippen LogP contribution is -2.29. The lowest BCUT2D eigenvalue weighted by atomic mass is 9.97. The molecule has 3 aromatic carbocycles. The highest BCUT2D eigenvalue weighted by Crippen LogP contribution is 2.42. The molecule has 1 aliphatic rings. The van der Waals surface area contributed by atoms with Crippen LogP contribution in [0.15, 0.2) is 69.9 Å². The number of rotatable bonds is 10. The van der Waals surface area contributed by atoms with Gasteiger partial charge in [0, 0.05) is 6.54 Å². The molecule has 1 unspecified atom stereocenters. The Kier molecular flexibility index (Phi) is 7.73. The highest BCUT2D eigenvalue weighted by molar-refractivity contribution is 5.99. The van der Waals surface area contributed by atoms with E-state index in [4.69, 9.17) is 13.9 Å². The lowest BCUT2D eigenvalue weighted by Gasteiger charge is -2.26. The van der Waals surface area contributed by atoms with Gasteiger partial charge in [0.15, 0.2) is 16.9 Å². The molecular weight excluding hydrogens is 490 g/mol. The Morgan fingerprint density at radius 1 is 0.897 bits per heavy atom. The van der Waals surface area contributed by atoms with Crippen LogP contribution >= 0.6 is 0 Å². The molecule has 0 bridgehead atoms. The summed E-state index contributed by atoms with van der Waals surface area (Å²) in [6.07, 6.45) is 4.44. The number of hydrogen-bond acceptors (Lipinski definition) is 5. The molecule has 6 heteroatoms. The van der Waals surface area contributed by atoms with Crippen molar-refractivity contribution in [2.24, 2.45) is 0 Å². The first-order chi connectivity index (χ1) is 18.9. The summed E-state index contributed by atoms with van der Waals surface area (Å²) in [7, 11) is 1.60. The van der Waals surface area contributed by atoms with E-state index in [0.29, 0.717) is 41.2 Å². The molecule has 4 aromatic rings. The number of aryl methyl sites for hydroxylation is 2. The number of amides is 1. The van der Waals surface area contributed by atoms with Crippen LogP contribution in [-0.4, -0.2) is 24.5 Å². The molecule has 1 aliphatic heterocycles. The summed E-state index contributed by atoms with van der Waals surface area (Å²) in [6, 6.07) is 18.5. The summed E-state index contributed by atoms with van der Waals surface area (Å²) in [5, 5.41) is 0.482. The summed E-state index contributed by atoms with van der Waals surface area (Å²) < 4.78 is 17.9. The smallest absolute Gasteiger partial charge is 0.291 e. The molecule has 5 rings (SSSR count). The van der Waals surface area contributed by atoms with Gasteiger partial charge >= 0.3 is 0 Å². The van der Waals surface area contributed by atoms with E-state index in [1.165, 1.54) is 12.8 Å². The molecule has 0 aliphatic carbocycles. The van der Waals surface area contributed by atoms with E-state index in [-0.39, 0.29) is 17.1 Å². The van der Waals surface area contributed by atoms with Crippen molar-refractivity contribution in [2.75, 3.05) is 13.7 Å². The summed E-state index contributed by atoms with van der Waals surface area (Å²) in [5.74, 6) is 1.02. The van der Waals surface area contributed by atoms with Crippen LogP contribution in [0.25, 0.3) is 11.0 Å². The van der Waals surface area contributed by atoms with Crippen molar-refractivity contribution in [3.63, 3.8) is 0 Å². The molecule has 2 heterocycles. The van der Waals surface area contributed by atoms with E-state index in [2.05, 4.69) is 6.92 Å². The van der Waals surface area contributed by atoms with E-state index in [1.807, 2.05) is 74.5 Å². The molecule has 0 saturated carbocycles. The number of benzene rings is 3. The van der Waals surface area contributed by atoms with Crippen LogP contribution in [-0.2, 0) is 6.54 Å². The van der Waals surface area contributed by atoms with Crippen LogP contribution in [0.5, 0.6) is 11.5 Å². The monoisotopic (exact) mass is 525 g/mol. The highest BCUT2D eigenvalue weighted by Gasteiger charge is 2.43. The van der Waals surface area contributed by atoms with Crippen LogP contribution in [0, 0.1) is 13.8 Å². The Bertz CT molecular complexity index is 1560. The third-order valence-electron chi connectivity index (χ3n) is 7.54. The Morgan fingerprint density at radius 3 is 2.41 bits per heavy atom. The van der Waals surface area contributed by atoms with Crippen molar-refractivity contribution in [2.45, 2.75) is 59.0 Å². The number of fused-ring (bicyclic) bond motifs is 2. The number of nitrogens with zero attached hydrogens (tertiary/aromatic N) is 1. The van der Waals surface area contributed by atoms with E-state index in [9.17, 15) is 9.59 Å². The second-order valence-electron chi connectivity index (χ2n) is 10.2. The fourth-order valence-electron chi connectivity index (χ4n) is 5.25. The average molecular weight is 526 g/mol. The molecule has 0 spiro atoms. The zero-order chi connectivity index (χ0) is 27.5. The van der Waals surface area contributed by atoms with Crippen LogP contribution in [0.2, 0.25) is 0 Å². The fraction of sp³-hybridized carbons (Fsp3) is 0.333. The van der Waals surface area contributed by atoms with Gasteiger partial charge in [-0.05, 0) is 66.8 Å². The molecule has 202 valence electrons. The maximum Gasteiger partial charge on any atom is 0.291 e. The molecule has 6 nitrogen and oxygen atoms in total. The number of carbonyl (C=O) groups excluding carboxylic acids is 1. The molecule has 1 amide bonds. The second kappa shape index (κ2) is 11.4. The van der Waals surface area contributed by atoms with Gasteiger partial charge in [-0.1, -0.05) is 62.6 Å². The Labute approximate surface area is 229 Å². The minimum Gasteiger partial charge on any atom is -0.493 e. The third-order valence-corrected chi connectivity index (χ3v) is 7.54. The van der Waals surface area contributed by atoms with Crippen LogP contribution < -0.4 is 14.9 Å². The van der Waals surface area contributed by atoms with Crippen molar-refractivity contribution in [3.8, 4) is 11.5 Å². The van der Waals surface area contributed by atoms with Crippen molar-refractivity contribution < 1.29 is 18.7 Å². The minimum absolute atomic E-state index is 0.104. The second-order valence-corrected chi connectivity index (χ2v) is 10.2. The summed E-state index contributed by atoms with van der Waals surface area (Å²) >= 11 is 0. The van der Waals surface area contributed by atoms with Crippen molar-refractivity contribution in [1.29, 1.82) is 0 Å². The minimum atomic E-state index is -0.623. The van der Waals surface area contributed by atoms with E-state index < -0.39 is 6.04 Å². The van der Waals surface area contributed by atoms with Crippen LogP contribution in [0.1, 0.15) is 77.0 Å². The molecule has 0 saturated heterocycles. The fourth-order valence-corrected chi connectivity index (χ4v) is 5.25. The first kappa shape index (κ1) is 26.5. The van der Waals surface area contributed by atoms with Gasteiger partial charge < -0.3 is 18.8 Å². The van der Waals surface area contributed by atoms with Gasteiger partial charge in [0.2, 0.25) is 5.76 Å². The van der Waals surface area contributed by atoms with Crippen molar-refractivity contribution in [1.82, 2.24) is 4.90 Å². The van der Waals surface area contributed by atoms with Crippen LogP contribution in [0.4, 0.5) is 0 Å².